The second kappa shape index (κ2) is 10.5. The van der Waals surface area contributed by atoms with Crippen molar-refractivity contribution >= 4 is 6.03 Å². The predicted octanol–water partition coefficient (Wildman–Crippen LogP) is 4.03. The van der Waals surface area contributed by atoms with E-state index in [9.17, 15) is 4.79 Å². The summed E-state index contributed by atoms with van der Waals surface area (Å²) in [7, 11) is 4.00. The molecule has 2 aromatic rings. The van der Waals surface area contributed by atoms with E-state index >= 15 is 0 Å². The topological polar surface area (TPSA) is 59.4 Å². The van der Waals surface area contributed by atoms with E-state index in [-0.39, 0.29) is 18.0 Å². The van der Waals surface area contributed by atoms with E-state index in [1.165, 1.54) is 0 Å². The minimum Gasteiger partial charge on any atom is -0.331 e. The lowest BCUT2D eigenvalue weighted by atomic mass is 9.96. The summed E-state index contributed by atoms with van der Waals surface area (Å²) in [4.78, 5) is 17.0. The van der Waals surface area contributed by atoms with Crippen molar-refractivity contribution in [3.05, 3.63) is 71.3 Å². The summed E-state index contributed by atoms with van der Waals surface area (Å²) >= 11 is 0. The van der Waals surface area contributed by atoms with E-state index in [0.29, 0.717) is 18.7 Å². The molecule has 2 rings (SSSR count). The molecule has 5 heteroatoms. The molecule has 28 heavy (non-hydrogen) atoms. The molecule has 0 aromatic heterocycles. The third kappa shape index (κ3) is 6.40. The van der Waals surface area contributed by atoms with Crippen LogP contribution >= 0.6 is 0 Å². The molecule has 1 unspecified atom stereocenters. The molecular formula is C23H30N4O. The lowest BCUT2D eigenvalue weighted by Crippen LogP contribution is -2.45. The van der Waals surface area contributed by atoms with Gasteiger partial charge in [-0.3, -0.25) is 0 Å². The van der Waals surface area contributed by atoms with Gasteiger partial charge in [-0.1, -0.05) is 56.3 Å². The highest BCUT2D eigenvalue weighted by molar-refractivity contribution is 5.74. The highest BCUT2D eigenvalue weighted by atomic mass is 16.2. The van der Waals surface area contributed by atoms with E-state index in [1.54, 1.807) is 12.1 Å². The molecule has 0 spiro atoms. The Bertz CT molecular complexity index is 778. The van der Waals surface area contributed by atoms with Crippen molar-refractivity contribution < 1.29 is 4.79 Å². The Kier molecular flexibility index (Phi) is 8.03. The van der Waals surface area contributed by atoms with E-state index in [0.717, 1.165) is 17.7 Å². The van der Waals surface area contributed by atoms with Crippen molar-refractivity contribution in [3.8, 4) is 6.07 Å². The standard InChI is InChI=1S/C23H30N4O/c1-18(2)22(21-8-6-5-7-9-21)25-23(28)27(15-14-26(3)4)17-20-12-10-19(16-24)11-13-20/h5-13,18,22H,14-15,17H2,1-4H3,(H,25,28). The maximum absolute atomic E-state index is 13.1. The molecule has 0 bridgehead atoms. The van der Waals surface area contributed by atoms with Crippen LogP contribution in [0.25, 0.3) is 0 Å². The fourth-order valence-electron chi connectivity index (χ4n) is 3.00. The molecule has 0 heterocycles. The van der Waals surface area contributed by atoms with Gasteiger partial charge in [-0.05, 0) is 43.3 Å². The van der Waals surface area contributed by atoms with Gasteiger partial charge in [0, 0.05) is 19.6 Å². The second-order valence-electron chi connectivity index (χ2n) is 7.62. The van der Waals surface area contributed by atoms with Gasteiger partial charge in [0.1, 0.15) is 0 Å². The summed E-state index contributed by atoms with van der Waals surface area (Å²) in [6.45, 7) is 6.14. The van der Waals surface area contributed by atoms with Crippen LogP contribution in [0.4, 0.5) is 4.79 Å². The van der Waals surface area contributed by atoms with Crippen LogP contribution in [0, 0.1) is 17.2 Å². The number of hydrogen-bond donors (Lipinski definition) is 1. The third-order valence-electron chi connectivity index (χ3n) is 4.67. The fraction of sp³-hybridized carbons (Fsp3) is 0.391. The lowest BCUT2D eigenvalue weighted by molar-refractivity contribution is 0.181. The first-order chi connectivity index (χ1) is 13.4. The third-order valence-corrected chi connectivity index (χ3v) is 4.67. The maximum atomic E-state index is 13.1. The zero-order chi connectivity index (χ0) is 20.5. The summed E-state index contributed by atoms with van der Waals surface area (Å²) < 4.78 is 0. The molecule has 0 aliphatic carbocycles. The van der Waals surface area contributed by atoms with Crippen LogP contribution in [-0.4, -0.2) is 43.0 Å². The Morgan fingerprint density at radius 1 is 1.04 bits per heavy atom. The van der Waals surface area contributed by atoms with Crippen molar-refractivity contribution in [1.82, 2.24) is 15.1 Å². The van der Waals surface area contributed by atoms with Gasteiger partial charge in [0.15, 0.2) is 0 Å². The fourth-order valence-corrected chi connectivity index (χ4v) is 3.00. The van der Waals surface area contributed by atoms with E-state index in [1.807, 2.05) is 49.3 Å². The Morgan fingerprint density at radius 3 is 2.21 bits per heavy atom. The summed E-state index contributed by atoms with van der Waals surface area (Å²) in [5.74, 6) is 0.275. The number of urea groups is 1. The minimum atomic E-state index is -0.0752. The summed E-state index contributed by atoms with van der Waals surface area (Å²) in [6, 6.07) is 19.5. The Balaban J connectivity index is 2.15. The molecule has 0 radical (unpaired) electrons. The van der Waals surface area contributed by atoms with Gasteiger partial charge >= 0.3 is 6.03 Å². The number of amides is 2. The highest BCUT2D eigenvalue weighted by Crippen LogP contribution is 2.22. The van der Waals surface area contributed by atoms with Gasteiger partial charge in [0.25, 0.3) is 0 Å². The molecule has 148 valence electrons. The largest absolute Gasteiger partial charge is 0.331 e. The number of carbonyl (C=O) groups is 1. The van der Waals surface area contributed by atoms with Crippen molar-refractivity contribution in [2.75, 3.05) is 27.2 Å². The van der Waals surface area contributed by atoms with Crippen LogP contribution in [0.1, 0.15) is 36.6 Å². The van der Waals surface area contributed by atoms with Crippen LogP contribution in [0.2, 0.25) is 0 Å². The molecule has 2 amide bonds. The van der Waals surface area contributed by atoms with Crippen LogP contribution in [0.15, 0.2) is 54.6 Å². The minimum absolute atomic E-state index is 0.0449. The quantitative estimate of drug-likeness (QED) is 0.754. The molecular weight excluding hydrogens is 348 g/mol. The molecule has 0 saturated heterocycles. The van der Waals surface area contributed by atoms with Gasteiger partial charge in [-0.15, -0.1) is 0 Å². The average molecular weight is 379 g/mol. The molecule has 0 fully saturated rings. The van der Waals surface area contributed by atoms with Gasteiger partial charge in [0.2, 0.25) is 0 Å². The van der Waals surface area contributed by atoms with Gasteiger partial charge < -0.3 is 15.1 Å². The average Bonchev–Trinajstić information content (AvgIpc) is 2.69. The number of nitriles is 1. The molecule has 0 aliphatic heterocycles. The number of likely N-dealkylation sites (N-methyl/N-ethyl adjacent to an activating group) is 1. The zero-order valence-electron chi connectivity index (χ0n) is 17.2. The van der Waals surface area contributed by atoms with Crippen molar-refractivity contribution in [3.63, 3.8) is 0 Å². The Morgan fingerprint density at radius 2 is 1.68 bits per heavy atom. The zero-order valence-corrected chi connectivity index (χ0v) is 17.2. The van der Waals surface area contributed by atoms with Crippen molar-refractivity contribution in [1.29, 1.82) is 5.26 Å². The van der Waals surface area contributed by atoms with Crippen molar-refractivity contribution in [2.24, 2.45) is 5.92 Å². The molecule has 0 aliphatic rings. The Hall–Kier alpha value is -2.84. The predicted molar refractivity (Wildman–Crippen MR) is 113 cm³/mol. The van der Waals surface area contributed by atoms with Gasteiger partial charge in [0.05, 0.1) is 17.7 Å². The molecule has 1 atom stereocenters. The van der Waals surface area contributed by atoms with E-state index in [4.69, 9.17) is 5.26 Å². The highest BCUT2D eigenvalue weighted by Gasteiger charge is 2.22. The smallest absolute Gasteiger partial charge is 0.318 e. The molecule has 0 saturated carbocycles. The maximum Gasteiger partial charge on any atom is 0.318 e. The van der Waals surface area contributed by atoms with Crippen molar-refractivity contribution in [2.45, 2.75) is 26.4 Å². The SMILES string of the molecule is CC(C)C(NC(=O)N(CCN(C)C)Cc1ccc(C#N)cc1)c1ccccc1. The Labute approximate surface area is 168 Å². The normalized spacial score (nSPS) is 11.9. The van der Waals surface area contributed by atoms with E-state index in [2.05, 4.69) is 42.3 Å². The lowest BCUT2D eigenvalue weighted by Gasteiger charge is -2.29. The van der Waals surface area contributed by atoms with Gasteiger partial charge in [-0.2, -0.15) is 5.26 Å². The van der Waals surface area contributed by atoms with Crippen LogP contribution in [0.3, 0.4) is 0 Å². The monoisotopic (exact) mass is 378 g/mol. The first-order valence-corrected chi connectivity index (χ1v) is 9.65. The number of nitrogens with zero attached hydrogens (tertiary/aromatic N) is 3. The van der Waals surface area contributed by atoms with Crippen LogP contribution < -0.4 is 5.32 Å². The number of carbonyl (C=O) groups excluding carboxylic acids is 1. The first-order valence-electron chi connectivity index (χ1n) is 9.65. The summed E-state index contributed by atoms with van der Waals surface area (Å²) in [6.07, 6.45) is 0. The molecule has 1 N–H and O–H groups in total. The van der Waals surface area contributed by atoms with Gasteiger partial charge in [-0.25, -0.2) is 4.79 Å². The van der Waals surface area contributed by atoms with E-state index < -0.39 is 0 Å². The number of hydrogen-bond acceptors (Lipinski definition) is 3. The number of nitrogens with one attached hydrogen (secondary N) is 1. The van der Waals surface area contributed by atoms with Crippen LogP contribution in [-0.2, 0) is 6.54 Å². The van der Waals surface area contributed by atoms with Crippen LogP contribution in [0.5, 0.6) is 0 Å². The number of benzene rings is 2. The summed E-state index contributed by atoms with van der Waals surface area (Å²) in [5.41, 5.74) is 2.74. The summed E-state index contributed by atoms with van der Waals surface area (Å²) in [5, 5.41) is 12.2. The number of rotatable bonds is 8. The first kappa shape index (κ1) is 21.5. The molecule has 2 aromatic carbocycles. The second-order valence-corrected chi connectivity index (χ2v) is 7.62. The molecule has 5 nitrogen and oxygen atoms in total.